The fourth-order valence-electron chi connectivity index (χ4n) is 1.12. The molecular formula is C8H8ClN3OS. The number of hydrogen-bond acceptors (Lipinski definition) is 4. The molecule has 0 amide bonds. The molecule has 2 heterocycles. The average Bonchev–Trinajstić information content (AvgIpc) is 2.73. The first-order valence-electron chi connectivity index (χ1n) is 3.95. The van der Waals surface area contributed by atoms with Crippen LogP contribution >= 0.6 is 22.9 Å². The van der Waals surface area contributed by atoms with Gasteiger partial charge in [0.25, 0.3) is 0 Å². The van der Waals surface area contributed by atoms with Gasteiger partial charge in [-0.3, -0.25) is 0 Å². The maximum Gasteiger partial charge on any atom is 0.135 e. The van der Waals surface area contributed by atoms with Crippen molar-refractivity contribution >= 4 is 22.9 Å². The van der Waals surface area contributed by atoms with Crippen molar-refractivity contribution in [3.8, 4) is 0 Å². The van der Waals surface area contributed by atoms with Gasteiger partial charge in [-0.05, 0) is 11.4 Å². The Hall–Kier alpha value is -0.910. The highest BCUT2D eigenvalue weighted by molar-refractivity contribution is 7.10. The van der Waals surface area contributed by atoms with Crippen LogP contribution in [0.25, 0.3) is 0 Å². The van der Waals surface area contributed by atoms with Gasteiger partial charge in [0.1, 0.15) is 11.8 Å². The molecule has 0 saturated heterocycles. The second kappa shape index (κ2) is 3.68. The van der Waals surface area contributed by atoms with Gasteiger partial charge < -0.3 is 5.11 Å². The number of hydrogen-bond donors (Lipinski definition) is 1. The van der Waals surface area contributed by atoms with Crippen LogP contribution in [0, 0.1) is 0 Å². The number of thiophene rings is 1. The van der Waals surface area contributed by atoms with E-state index < -0.39 is 6.10 Å². The summed E-state index contributed by atoms with van der Waals surface area (Å²) in [6.07, 6.45) is 0.747. The Kier molecular flexibility index (Phi) is 2.54. The Labute approximate surface area is 89.8 Å². The predicted octanol–water partition coefficient (Wildman–Crippen LogP) is 1.61. The molecule has 0 bridgehead atoms. The molecule has 1 unspecified atom stereocenters. The predicted molar refractivity (Wildman–Crippen MR) is 54.4 cm³/mol. The summed E-state index contributed by atoms with van der Waals surface area (Å²) >= 11 is 7.29. The van der Waals surface area contributed by atoms with Gasteiger partial charge in [-0.15, -0.1) is 11.3 Å². The number of nitrogens with zero attached hydrogens (tertiary/aromatic N) is 3. The van der Waals surface area contributed by atoms with Crippen LogP contribution in [0.15, 0.2) is 17.6 Å². The lowest BCUT2D eigenvalue weighted by Crippen LogP contribution is -2.00. The first-order valence-corrected chi connectivity index (χ1v) is 5.21. The minimum atomic E-state index is -0.781. The fourth-order valence-corrected chi connectivity index (χ4v) is 2.28. The van der Waals surface area contributed by atoms with E-state index in [1.54, 1.807) is 13.1 Å². The zero-order valence-electron chi connectivity index (χ0n) is 7.38. The maximum atomic E-state index is 9.89. The van der Waals surface area contributed by atoms with Crippen LogP contribution in [0.2, 0.25) is 5.02 Å². The second-order valence-electron chi connectivity index (χ2n) is 2.79. The fraction of sp³-hybridized carbons (Fsp3) is 0.250. The number of rotatable bonds is 2. The van der Waals surface area contributed by atoms with E-state index >= 15 is 0 Å². The van der Waals surface area contributed by atoms with Crippen molar-refractivity contribution < 1.29 is 5.11 Å². The van der Waals surface area contributed by atoms with E-state index in [0.717, 1.165) is 0 Å². The number of aromatic nitrogens is 3. The van der Waals surface area contributed by atoms with Crippen LogP contribution < -0.4 is 0 Å². The van der Waals surface area contributed by atoms with Crippen LogP contribution in [-0.4, -0.2) is 20.1 Å². The zero-order chi connectivity index (χ0) is 10.1. The summed E-state index contributed by atoms with van der Waals surface area (Å²) < 4.78 is 0. The number of aliphatic hydroxyl groups is 1. The summed E-state index contributed by atoms with van der Waals surface area (Å²) in [6, 6.07) is 1.75. The molecule has 1 N–H and O–H groups in total. The molecule has 2 aromatic rings. The molecule has 4 nitrogen and oxygen atoms in total. The van der Waals surface area contributed by atoms with Crippen LogP contribution in [0.1, 0.15) is 16.7 Å². The highest BCUT2D eigenvalue weighted by atomic mass is 35.5. The van der Waals surface area contributed by atoms with Crippen molar-refractivity contribution in [3.63, 3.8) is 0 Å². The number of halogens is 1. The molecule has 2 rings (SSSR count). The van der Waals surface area contributed by atoms with E-state index in [-0.39, 0.29) is 0 Å². The van der Waals surface area contributed by atoms with Crippen molar-refractivity contribution in [2.45, 2.75) is 6.10 Å². The Morgan fingerprint density at radius 2 is 2.43 bits per heavy atom. The zero-order valence-corrected chi connectivity index (χ0v) is 8.96. The van der Waals surface area contributed by atoms with E-state index in [1.807, 2.05) is 5.38 Å². The number of aliphatic hydroxyl groups excluding tert-OH is 1. The molecule has 0 aliphatic rings. The van der Waals surface area contributed by atoms with Crippen molar-refractivity contribution in [3.05, 3.63) is 33.2 Å². The van der Waals surface area contributed by atoms with Crippen LogP contribution in [-0.2, 0) is 7.05 Å². The maximum absolute atomic E-state index is 9.89. The van der Waals surface area contributed by atoms with Crippen molar-refractivity contribution in [2.75, 3.05) is 0 Å². The third kappa shape index (κ3) is 1.66. The first kappa shape index (κ1) is 9.64. The summed E-state index contributed by atoms with van der Waals surface area (Å²) in [7, 11) is 1.70. The normalized spacial score (nSPS) is 13.1. The highest BCUT2D eigenvalue weighted by Crippen LogP contribution is 2.31. The van der Waals surface area contributed by atoms with Gasteiger partial charge in [-0.2, -0.15) is 15.0 Å². The van der Waals surface area contributed by atoms with E-state index in [4.69, 9.17) is 11.6 Å². The summed E-state index contributed by atoms with van der Waals surface area (Å²) in [5, 5.41) is 20.2. The van der Waals surface area contributed by atoms with Gasteiger partial charge >= 0.3 is 0 Å². The molecule has 14 heavy (non-hydrogen) atoms. The molecule has 0 fully saturated rings. The van der Waals surface area contributed by atoms with Crippen LogP contribution in [0.3, 0.4) is 0 Å². The van der Waals surface area contributed by atoms with Gasteiger partial charge in [-0.25, -0.2) is 0 Å². The van der Waals surface area contributed by atoms with Crippen molar-refractivity contribution in [1.29, 1.82) is 0 Å². The molecule has 0 aromatic carbocycles. The molecule has 6 heteroatoms. The van der Waals surface area contributed by atoms with E-state index in [9.17, 15) is 5.11 Å². The average molecular weight is 230 g/mol. The molecule has 74 valence electrons. The molecule has 0 spiro atoms. The Morgan fingerprint density at radius 3 is 2.93 bits per heavy atom. The third-order valence-corrected chi connectivity index (χ3v) is 3.20. The second-order valence-corrected chi connectivity index (χ2v) is 4.15. The van der Waals surface area contributed by atoms with Gasteiger partial charge in [0, 0.05) is 7.05 Å². The Bertz CT molecular complexity index is 439. The summed E-state index contributed by atoms with van der Waals surface area (Å²) in [6.45, 7) is 0. The van der Waals surface area contributed by atoms with Gasteiger partial charge in [0.05, 0.1) is 16.1 Å². The molecule has 2 aromatic heterocycles. The standard InChI is InChI=1S/C8H8ClN3OS/c1-12-10-4-6(11-12)7(13)8-5(9)2-3-14-8/h2-4,7,13H,1H3. The Balaban J connectivity index is 2.33. The van der Waals surface area contributed by atoms with Crippen LogP contribution in [0.5, 0.6) is 0 Å². The van der Waals surface area contributed by atoms with Gasteiger partial charge in [-0.1, -0.05) is 11.6 Å². The lowest BCUT2D eigenvalue weighted by molar-refractivity contribution is 0.218. The SMILES string of the molecule is Cn1ncc(C(O)c2sccc2Cl)n1. The summed E-state index contributed by atoms with van der Waals surface area (Å²) in [4.78, 5) is 2.10. The highest BCUT2D eigenvalue weighted by Gasteiger charge is 2.17. The van der Waals surface area contributed by atoms with Gasteiger partial charge in [0.15, 0.2) is 0 Å². The molecule has 0 radical (unpaired) electrons. The largest absolute Gasteiger partial charge is 0.381 e. The van der Waals surface area contributed by atoms with E-state index in [2.05, 4.69) is 10.2 Å². The minimum absolute atomic E-state index is 0.511. The van der Waals surface area contributed by atoms with Crippen molar-refractivity contribution in [1.82, 2.24) is 15.0 Å². The van der Waals surface area contributed by atoms with E-state index in [0.29, 0.717) is 15.6 Å². The lowest BCUT2D eigenvalue weighted by atomic mass is 10.2. The summed E-state index contributed by atoms with van der Waals surface area (Å²) in [5.41, 5.74) is 0.511. The Morgan fingerprint density at radius 1 is 1.64 bits per heavy atom. The van der Waals surface area contributed by atoms with Crippen molar-refractivity contribution in [2.24, 2.45) is 7.05 Å². The molecule has 0 aliphatic heterocycles. The lowest BCUT2D eigenvalue weighted by Gasteiger charge is -2.04. The summed E-state index contributed by atoms with van der Waals surface area (Å²) in [5.74, 6) is 0. The molecule has 1 atom stereocenters. The molecule has 0 aliphatic carbocycles. The molecular weight excluding hydrogens is 222 g/mol. The smallest absolute Gasteiger partial charge is 0.135 e. The topological polar surface area (TPSA) is 50.9 Å². The molecule has 0 saturated carbocycles. The van der Waals surface area contributed by atoms with E-state index in [1.165, 1.54) is 22.3 Å². The third-order valence-electron chi connectivity index (χ3n) is 1.79. The monoisotopic (exact) mass is 229 g/mol. The van der Waals surface area contributed by atoms with Gasteiger partial charge in [0.2, 0.25) is 0 Å². The van der Waals surface area contributed by atoms with Crippen LogP contribution in [0.4, 0.5) is 0 Å². The quantitative estimate of drug-likeness (QED) is 0.851. The first-order chi connectivity index (χ1) is 6.68. The minimum Gasteiger partial charge on any atom is -0.381 e. The number of aryl methyl sites for hydroxylation is 1.